The first-order valence-electron chi connectivity index (χ1n) is 19.7. The molecule has 56 heavy (non-hydrogen) atoms. The van der Waals surface area contributed by atoms with E-state index in [0.717, 1.165) is 25.8 Å². The van der Waals surface area contributed by atoms with Crippen molar-refractivity contribution in [3.63, 3.8) is 0 Å². The van der Waals surface area contributed by atoms with E-state index in [1.807, 2.05) is 41.5 Å². The van der Waals surface area contributed by atoms with Gasteiger partial charge in [0.25, 0.3) is 0 Å². The Morgan fingerprint density at radius 2 is 1.21 bits per heavy atom. The normalized spacial score (nSPS) is 15.2. The van der Waals surface area contributed by atoms with Crippen LogP contribution in [-0.2, 0) is 9.59 Å². The molecule has 0 spiro atoms. The van der Waals surface area contributed by atoms with Crippen LogP contribution in [0.3, 0.4) is 0 Å². The highest BCUT2D eigenvalue weighted by Gasteiger charge is 2.52. The summed E-state index contributed by atoms with van der Waals surface area (Å²) in [6.07, 6.45) is 3.17. The SMILES string of the molecule is CC(NC(C)(C)C)C(=O)c1cccc(Cl)c1.CC(NCCC(c1ccccc1)c1ccccc1)c1ccccc1.CCCC(C)C1(CC)C(=O)NC(=O)NC1=O. The average molecular weight is 781 g/mol. The number of carbonyl (C=O) groups excluding carboxylic acids is 4. The van der Waals surface area contributed by atoms with E-state index in [1.54, 1.807) is 31.2 Å². The summed E-state index contributed by atoms with van der Waals surface area (Å²) in [6.45, 7) is 16.9. The smallest absolute Gasteiger partial charge is 0.310 e. The molecular weight excluding hydrogens is 720 g/mol. The highest BCUT2D eigenvalue weighted by molar-refractivity contribution is 6.31. The van der Waals surface area contributed by atoms with E-state index in [2.05, 4.69) is 119 Å². The third-order valence-electron chi connectivity index (χ3n) is 10.1. The molecule has 4 aromatic carbocycles. The Hall–Kier alpha value is -4.63. The first-order valence-corrected chi connectivity index (χ1v) is 20.1. The topological polar surface area (TPSA) is 116 Å². The molecule has 3 atom stereocenters. The molecular formula is C47H61ClN4O4. The first kappa shape index (κ1) is 45.8. The molecule has 0 saturated carbocycles. The zero-order valence-electron chi connectivity index (χ0n) is 34.3. The Bertz CT molecular complexity index is 1770. The van der Waals surface area contributed by atoms with E-state index >= 15 is 0 Å². The van der Waals surface area contributed by atoms with Gasteiger partial charge in [-0.3, -0.25) is 25.0 Å². The number of Topliss-reactive ketones (excluding diaryl/α,β-unsaturated/α-hetero) is 1. The lowest BCUT2D eigenvalue weighted by atomic mass is 9.70. The van der Waals surface area contributed by atoms with Crippen LogP contribution in [0.5, 0.6) is 0 Å². The largest absolute Gasteiger partial charge is 0.328 e. The Morgan fingerprint density at radius 3 is 1.66 bits per heavy atom. The zero-order valence-corrected chi connectivity index (χ0v) is 35.1. The van der Waals surface area contributed by atoms with Crippen LogP contribution in [0.2, 0.25) is 5.02 Å². The average Bonchev–Trinajstić information content (AvgIpc) is 3.17. The van der Waals surface area contributed by atoms with E-state index in [4.69, 9.17) is 11.6 Å². The van der Waals surface area contributed by atoms with Gasteiger partial charge in [0.05, 0.1) is 6.04 Å². The molecule has 300 valence electrons. The fourth-order valence-corrected chi connectivity index (χ4v) is 7.36. The summed E-state index contributed by atoms with van der Waals surface area (Å²) >= 11 is 5.85. The van der Waals surface area contributed by atoms with Crippen LogP contribution >= 0.6 is 11.6 Å². The van der Waals surface area contributed by atoms with Gasteiger partial charge in [-0.15, -0.1) is 0 Å². The van der Waals surface area contributed by atoms with Crippen LogP contribution in [0.15, 0.2) is 115 Å². The molecule has 0 bridgehead atoms. The van der Waals surface area contributed by atoms with Gasteiger partial charge in [-0.05, 0) is 95.2 Å². The van der Waals surface area contributed by atoms with Gasteiger partial charge in [0.15, 0.2) is 5.78 Å². The summed E-state index contributed by atoms with van der Waals surface area (Å²) in [6, 6.07) is 38.8. The Morgan fingerprint density at radius 1 is 0.714 bits per heavy atom. The molecule has 1 aliphatic heterocycles. The van der Waals surface area contributed by atoms with Crippen molar-refractivity contribution in [2.45, 2.75) is 105 Å². The number of urea groups is 1. The molecule has 0 aliphatic carbocycles. The standard InChI is InChI=1S/C23H25N.C13H18ClNO.C11H18N2O3/c1-19(20-11-5-2-6-12-20)24-18-17-23(21-13-7-3-8-14-21)22-15-9-4-10-16-22;1-9(15-13(2,3)4)12(16)10-6-5-7-11(14)8-10;1-4-6-7(3)11(5-2)8(14)12-10(16)13-9(11)15/h2-16,19,23-24H,17-18H2,1H3;5-9,15H,1-4H3;7H,4-6H2,1-3H3,(H2,12,13,14,15,16). The second-order valence-electron chi connectivity index (χ2n) is 15.5. The summed E-state index contributed by atoms with van der Waals surface area (Å²) in [4.78, 5) is 46.8. The van der Waals surface area contributed by atoms with Gasteiger partial charge in [-0.25, -0.2) is 4.79 Å². The molecule has 1 saturated heterocycles. The monoisotopic (exact) mass is 780 g/mol. The minimum Gasteiger partial charge on any atom is -0.310 e. The number of carbonyl (C=O) groups is 4. The maximum Gasteiger partial charge on any atom is 0.328 e. The second-order valence-corrected chi connectivity index (χ2v) is 15.9. The van der Waals surface area contributed by atoms with Crippen molar-refractivity contribution in [1.82, 2.24) is 21.3 Å². The number of hydrogen-bond donors (Lipinski definition) is 4. The highest BCUT2D eigenvalue weighted by atomic mass is 35.5. The minimum atomic E-state index is -1.09. The van der Waals surface area contributed by atoms with E-state index in [0.29, 0.717) is 29.0 Å². The Kier molecular flexibility index (Phi) is 18.1. The summed E-state index contributed by atoms with van der Waals surface area (Å²) in [7, 11) is 0. The van der Waals surface area contributed by atoms with Gasteiger partial charge in [-0.1, -0.05) is 142 Å². The highest BCUT2D eigenvalue weighted by Crippen LogP contribution is 2.36. The van der Waals surface area contributed by atoms with Crippen LogP contribution in [0.25, 0.3) is 0 Å². The van der Waals surface area contributed by atoms with Crippen LogP contribution in [0.1, 0.15) is 120 Å². The summed E-state index contributed by atoms with van der Waals surface area (Å²) in [5.74, 6) is -0.509. The number of benzene rings is 4. The number of nitrogens with one attached hydrogen (secondary N) is 4. The van der Waals surface area contributed by atoms with Crippen LogP contribution in [0, 0.1) is 11.3 Å². The molecule has 0 radical (unpaired) electrons. The number of amides is 4. The Balaban J connectivity index is 0.000000234. The third kappa shape index (κ3) is 13.5. The Labute approximate surface area is 339 Å². The fraction of sp³-hybridized carbons (Fsp3) is 0.404. The van der Waals surface area contributed by atoms with Crippen LogP contribution in [0.4, 0.5) is 4.79 Å². The van der Waals surface area contributed by atoms with Crippen molar-refractivity contribution in [2.24, 2.45) is 11.3 Å². The van der Waals surface area contributed by atoms with Crippen molar-refractivity contribution < 1.29 is 19.2 Å². The number of barbiturate groups is 1. The lowest BCUT2D eigenvalue weighted by Crippen LogP contribution is -2.64. The van der Waals surface area contributed by atoms with E-state index in [-0.39, 0.29) is 23.3 Å². The predicted octanol–water partition coefficient (Wildman–Crippen LogP) is 10.0. The van der Waals surface area contributed by atoms with Gasteiger partial charge >= 0.3 is 6.03 Å². The molecule has 1 fully saturated rings. The zero-order chi connectivity index (χ0) is 41.3. The fourth-order valence-electron chi connectivity index (χ4n) is 7.17. The van der Waals surface area contributed by atoms with E-state index in [1.165, 1.54) is 16.7 Å². The van der Waals surface area contributed by atoms with Crippen molar-refractivity contribution in [1.29, 1.82) is 0 Å². The van der Waals surface area contributed by atoms with Gasteiger partial charge in [0, 0.05) is 28.1 Å². The summed E-state index contributed by atoms with van der Waals surface area (Å²) < 4.78 is 0. The lowest BCUT2D eigenvalue weighted by Gasteiger charge is -2.37. The number of imide groups is 2. The molecule has 9 heteroatoms. The molecule has 4 N–H and O–H groups in total. The van der Waals surface area contributed by atoms with Crippen molar-refractivity contribution >= 4 is 35.2 Å². The molecule has 0 aromatic heterocycles. The molecule has 3 unspecified atom stereocenters. The minimum absolute atomic E-state index is 0.0671. The van der Waals surface area contributed by atoms with Crippen LogP contribution in [-0.4, -0.2) is 41.8 Å². The van der Waals surface area contributed by atoms with Gasteiger partial charge in [0.1, 0.15) is 5.41 Å². The van der Waals surface area contributed by atoms with E-state index in [9.17, 15) is 19.2 Å². The number of rotatable bonds is 14. The molecule has 8 nitrogen and oxygen atoms in total. The van der Waals surface area contributed by atoms with Crippen molar-refractivity contribution in [3.05, 3.63) is 143 Å². The molecule has 1 aliphatic rings. The summed E-state index contributed by atoms with van der Waals surface area (Å²) in [5, 5.41) is 11.9. The second kappa shape index (κ2) is 22.2. The quantitative estimate of drug-likeness (QED) is 0.0748. The lowest BCUT2D eigenvalue weighted by molar-refractivity contribution is -0.148. The number of hydrogen-bond acceptors (Lipinski definition) is 6. The molecule has 4 amide bonds. The van der Waals surface area contributed by atoms with Crippen LogP contribution < -0.4 is 21.3 Å². The van der Waals surface area contributed by atoms with Crippen molar-refractivity contribution in [3.8, 4) is 0 Å². The maximum atomic E-state index is 12.1. The number of halogens is 1. The molecule has 4 aromatic rings. The predicted molar refractivity (Wildman–Crippen MR) is 229 cm³/mol. The van der Waals surface area contributed by atoms with Crippen molar-refractivity contribution in [2.75, 3.05) is 6.54 Å². The van der Waals surface area contributed by atoms with E-state index < -0.39 is 23.3 Å². The summed E-state index contributed by atoms with van der Waals surface area (Å²) in [5.41, 5.74) is 3.60. The molecule has 1 heterocycles. The maximum absolute atomic E-state index is 12.1. The van der Waals surface area contributed by atoms with Gasteiger partial charge in [0.2, 0.25) is 11.8 Å². The molecule has 5 rings (SSSR count). The first-order chi connectivity index (χ1) is 26.6. The van der Waals surface area contributed by atoms with Gasteiger partial charge in [-0.2, -0.15) is 0 Å². The van der Waals surface area contributed by atoms with Gasteiger partial charge < -0.3 is 10.6 Å². The third-order valence-corrected chi connectivity index (χ3v) is 10.4. The number of ketones is 1.